The molecule has 0 saturated carbocycles. The van der Waals surface area contributed by atoms with E-state index in [9.17, 15) is 4.79 Å². The highest BCUT2D eigenvalue weighted by atomic mass is 16.5. The Morgan fingerprint density at radius 1 is 1.75 bits per heavy atom. The molecule has 16 heavy (non-hydrogen) atoms. The van der Waals surface area contributed by atoms with Crippen molar-refractivity contribution in [1.29, 1.82) is 0 Å². The van der Waals surface area contributed by atoms with Crippen molar-refractivity contribution in [2.24, 2.45) is 16.5 Å². The van der Waals surface area contributed by atoms with E-state index in [1.165, 1.54) is 13.2 Å². The number of carbonyl (C=O) groups excluding carboxylic acids is 1. The average Bonchev–Trinajstić information content (AvgIpc) is 2.30. The fraction of sp³-hybridized carbons (Fsp3) is 0.400. The Morgan fingerprint density at radius 2 is 2.44 bits per heavy atom. The van der Waals surface area contributed by atoms with Crippen LogP contribution in [0.2, 0.25) is 0 Å². The molecule has 1 atom stereocenters. The van der Waals surface area contributed by atoms with Crippen LogP contribution in [0.25, 0.3) is 0 Å². The molecule has 0 rings (SSSR count). The number of aliphatic imine (C=N–C) groups is 1. The highest BCUT2D eigenvalue weighted by molar-refractivity contribution is 5.78. The van der Waals surface area contributed by atoms with E-state index in [1.807, 2.05) is 0 Å². The number of rotatable bonds is 5. The molecule has 0 aliphatic heterocycles. The number of methoxy groups -OCH3 is 1. The summed E-state index contributed by atoms with van der Waals surface area (Å²) in [6.45, 7) is 0.634. The maximum absolute atomic E-state index is 10.9. The molecule has 1 unspecified atom stereocenters. The van der Waals surface area contributed by atoms with Gasteiger partial charge < -0.3 is 21.5 Å². The number of esters is 1. The maximum atomic E-state index is 10.9. The molecule has 0 amide bonds. The summed E-state index contributed by atoms with van der Waals surface area (Å²) in [6.07, 6.45) is 8.12. The first kappa shape index (κ1) is 14.0. The van der Waals surface area contributed by atoms with Gasteiger partial charge in [0.2, 0.25) is 0 Å². The molecule has 0 heterocycles. The summed E-state index contributed by atoms with van der Waals surface area (Å²) in [5.74, 6) is 2.10. The van der Waals surface area contributed by atoms with Crippen LogP contribution in [0.1, 0.15) is 0 Å². The van der Waals surface area contributed by atoms with Crippen LogP contribution in [-0.4, -0.2) is 38.2 Å². The van der Waals surface area contributed by atoms with Crippen LogP contribution in [0.15, 0.2) is 17.1 Å². The fourth-order valence-electron chi connectivity index (χ4n) is 0.771. The SMILES string of the molecule is C#CCNC(N)=NCC=CC(N)C(=O)OC. The van der Waals surface area contributed by atoms with Gasteiger partial charge in [0.05, 0.1) is 20.2 Å². The second kappa shape index (κ2) is 8.32. The Balaban J connectivity index is 3.92. The van der Waals surface area contributed by atoms with Gasteiger partial charge in [0.1, 0.15) is 6.04 Å². The van der Waals surface area contributed by atoms with Crippen molar-refractivity contribution in [3.8, 4) is 12.3 Å². The fourth-order valence-corrected chi connectivity index (χ4v) is 0.771. The summed E-state index contributed by atoms with van der Waals surface area (Å²) < 4.78 is 4.43. The third-order valence-corrected chi connectivity index (χ3v) is 1.56. The van der Waals surface area contributed by atoms with Crippen molar-refractivity contribution < 1.29 is 9.53 Å². The van der Waals surface area contributed by atoms with Gasteiger partial charge in [-0.25, -0.2) is 4.99 Å². The minimum absolute atomic E-state index is 0.245. The molecular weight excluding hydrogens is 208 g/mol. The molecule has 0 radical (unpaired) electrons. The van der Waals surface area contributed by atoms with E-state index in [0.29, 0.717) is 13.1 Å². The van der Waals surface area contributed by atoms with Gasteiger partial charge in [-0.1, -0.05) is 18.1 Å². The molecule has 0 aliphatic carbocycles. The zero-order valence-corrected chi connectivity index (χ0v) is 9.14. The Hall–Kier alpha value is -2.00. The number of guanidine groups is 1. The molecule has 0 fully saturated rings. The largest absolute Gasteiger partial charge is 0.468 e. The number of nitrogens with zero attached hydrogens (tertiary/aromatic N) is 1. The van der Waals surface area contributed by atoms with Crippen molar-refractivity contribution in [3.05, 3.63) is 12.2 Å². The molecule has 0 aromatic rings. The van der Waals surface area contributed by atoms with Crippen LogP contribution < -0.4 is 16.8 Å². The summed E-state index contributed by atoms with van der Waals surface area (Å²) in [5, 5.41) is 2.69. The monoisotopic (exact) mass is 224 g/mol. The van der Waals surface area contributed by atoms with Gasteiger partial charge in [-0.3, -0.25) is 4.79 Å². The first-order chi connectivity index (χ1) is 7.61. The van der Waals surface area contributed by atoms with Crippen LogP contribution >= 0.6 is 0 Å². The van der Waals surface area contributed by atoms with Crippen LogP contribution in [0.4, 0.5) is 0 Å². The number of nitrogens with two attached hydrogens (primary N) is 2. The quantitative estimate of drug-likeness (QED) is 0.175. The van der Waals surface area contributed by atoms with E-state index in [-0.39, 0.29) is 5.96 Å². The molecule has 0 aliphatic rings. The summed E-state index contributed by atoms with van der Waals surface area (Å²) >= 11 is 0. The van der Waals surface area contributed by atoms with Crippen molar-refractivity contribution in [3.63, 3.8) is 0 Å². The summed E-state index contributed by atoms with van der Waals surface area (Å²) in [6, 6.07) is -0.778. The molecule has 6 nitrogen and oxygen atoms in total. The topological polar surface area (TPSA) is 103 Å². The normalized spacial score (nSPS) is 13.2. The van der Waals surface area contributed by atoms with Crippen LogP contribution in [-0.2, 0) is 9.53 Å². The number of hydrogen-bond donors (Lipinski definition) is 3. The number of hydrogen-bond acceptors (Lipinski definition) is 4. The lowest BCUT2D eigenvalue weighted by molar-refractivity contribution is -0.140. The van der Waals surface area contributed by atoms with Gasteiger partial charge in [0, 0.05) is 0 Å². The summed E-state index contributed by atoms with van der Waals surface area (Å²) in [5.41, 5.74) is 10.9. The molecule has 0 aromatic carbocycles. The molecule has 6 heteroatoms. The highest BCUT2D eigenvalue weighted by Gasteiger charge is 2.07. The standard InChI is InChI=1S/C10H16N4O2/c1-3-6-13-10(12)14-7-4-5-8(11)9(15)16-2/h1,4-5,8H,6-7,11H2,2H3,(H3,12,13,14). The van der Waals surface area contributed by atoms with Crippen LogP contribution in [0.5, 0.6) is 0 Å². The van der Waals surface area contributed by atoms with E-state index in [1.54, 1.807) is 6.08 Å². The van der Waals surface area contributed by atoms with Gasteiger partial charge in [-0.15, -0.1) is 6.42 Å². The van der Waals surface area contributed by atoms with Crippen molar-refractivity contribution >= 4 is 11.9 Å². The van der Waals surface area contributed by atoms with Gasteiger partial charge in [-0.2, -0.15) is 0 Å². The predicted molar refractivity (Wildman–Crippen MR) is 62.5 cm³/mol. The number of ether oxygens (including phenoxy) is 1. The third-order valence-electron chi connectivity index (χ3n) is 1.56. The van der Waals surface area contributed by atoms with E-state index in [2.05, 4.69) is 21.0 Å². The Kier molecular flexibility index (Phi) is 7.28. The predicted octanol–water partition coefficient (Wildman–Crippen LogP) is -1.42. The van der Waals surface area contributed by atoms with Crippen molar-refractivity contribution in [2.45, 2.75) is 6.04 Å². The molecule has 5 N–H and O–H groups in total. The molecule has 0 saturated heterocycles. The summed E-state index contributed by atoms with van der Waals surface area (Å²) in [4.78, 5) is 14.8. The Bertz CT molecular complexity index is 317. The molecular formula is C10H16N4O2. The lowest BCUT2D eigenvalue weighted by Crippen LogP contribution is -2.32. The minimum Gasteiger partial charge on any atom is -0.468 e. The molecule has 0 spiro atoms. The zero-order chi connectivity index (χ0) is 12.4. The molecule has 0 aromatic heterocycles. The van der Waals surface area contributed by atoms with Gasteiger partial charge in [0.15, 0.2) is 5.96 Å². The first-order valence-electron chi connectivity index (χ1n) is 4.59. The third kappa shape index (κ3) is 6.45. The van der Waals surface area contributed by atoms with E-state index >= 15 is 0 Å². The van der Waals surface area contributed by atoms with Crippen molar-refractivity contribution in [1.82, 2.24) is 5.32 Å². The number of carbonyl (C=O) groups is 1. The second-order valence-corrected chi connectivity index (χ2v) is 2.76. The average molecular weight is 224 g/mol. The van der Waals surface area contributed by atoms with E-state index in [0.717, 1.165) is 0 Å². The lowest BCUT2D eigenvalue weighted by Gasteiger charge is -2.02. The zero-order valence-electron chi connectivity index (χ0n) is 9.14. The number of nitrogens with one attached hydrogen (secondary N) is 1. The molecule has 0 bridgehead atoms. The summed E-state index contributed by atoms with van der Waals surface area (Å²) in [7, 11) is 1.27. The minimum atomic E-state index is -0.778. The number of terminal acetylenes is 1. The highest BCUT2D eigenvalue weighted by Crippen LogP contribution is 1.86. The maximum Gasteiger partial charge on any atom is 0.326 e. The van der Waals surface area contributed by atoms with E-state index < -0.39 is 12.0 Å². The van der Waals surface area contributed by atoms with E-state index in [4.69, 9.17) is 17.9 Å². The second-order valence-electron chi connectivity index (χ2n) is 2.76. The van der Waals surface area contributed by atoms with Gasteiger partial charge >= 0.3 is 5.97 Å². The van der Waals surface area contributed by atoms with Crippen molar-refractivity contribution in [2.75, 3.05) is 20.2 Å². The lowest BCUT2D eigenvalue weighted by atomic mass is 10.3. The first-order valence-corrected chi connectivity index (χ1v) is 4.59. The van der Waals surface area contributed by atoms with Gasteiger partial charge in [-0.05, 0) is 0 Å². The van der Waals surface area contributed by atoms with Crippen LogP contribution in [0.3, 0.4) is 0 Å². The van der Waals surface area contributed by atoms with Gasteiger partial charge in [0.25, 0.3) is 0 Å². The Morgan fingerprint density at radius 3 is 3.00 bits per heavy atom. The Labute approximate surface area is 94.7 Å². The molecule has 88 valence electrons. The van der Waals surface area contributed by atoms with Crippen LogP contribution in [0, 0.1) is 12.3 Å². The smallest absolute Gasteiger partial charge is 0.326 e.